The number of hydrogen-bond acceptors (Lipinski definition) is 1. The molecule has 0 N–H and O–H groups in total. The molecule has 0 bridgehead atoms. The molecule has 0 radical (unpaired) electrons. The van der Waals surface area contributed by atoms with Gasteiger partial charge in [-0.25, -0.2) is 0 Å². The highest BCUT2D eigenvalue weighted by atomic mass is 35.6. The molecule has 0 nitrogen and oxygen atoms in total. The lowest BCUT2D eigenvalue weighted by Crippen LogP contribution is -2.41. The second kappa shape index (κ2) is 6.24. The van der Waals surface area contributed by atoms with Crippen LogP contribution in [0.2, 0.25) is 24.2 Å². The van der Waals surface area contributed by atoms with Crippen molar-refractivity contribution < 1.29 is 0 Å². The predicted molar refractivity (Wildman–Crippen MR) is 88.7 cm³/mol. The monoisotopic (exact) mass is 324 g/mol. The van der Waals surface area contributed by atoms with Crippen molar-refractivity contribution in [1.82, 2.24) is 0 Å². The zero-order chi connectivity index (χ0) is 13.1. The second-order valence-electron chi connectivity index (χ2n) is 4.51. The maximum Gasteiger partial charge on any atom is 0.196 e. The van der Waals surface area contributed by atoms with E-state index >= 15 is 0 Å². The maximum absolute atomic E-state index is 6.81. The molecule has 5 heteroatoms. The highest BCUT2D eigenvalue weighted by Gasteiger charge is 2.35. The van der Waals surface area contributed by atoms with Gasteiger partial charge < -0.3 is 0 Å². The lowest BCUT2D eigenvalue weighted by molar-refractivity contribution is 1.32. The fourth-order valence-electron chi connectivity index (χ4n) is 2.02. The standard InChI is InChI=1S/C12H22Cl2SSi2/c1-5-16(13,6-2)11-9-10-12(15-11)17(14,7-3)8-4/h9-10H,5-8H2,1-4H3. The van der Waals surface area contributed by atoms with Crippen LogP contribution < -0.4 is 9.00 Å². The molecule has 0 amide bonds. The molecule has 1 aromatic heterocycles. The van der Waals surface area contributed by atoms with E-state index in [1.54, 1.807) is 0 Å². The molecule has 1 heterocycles. The van der Waals surface area contributed by atoms with Gasteiger partial charge in [0.05, 0.1) is 0 Å². The van der Waals surface area contributed by atoms with Crippen LogP contribution in [0.15, 0.2) is 12.1 Å². The van der Waals surface area contributed by atoms with E-state index < -0.39 is 14.8 Å². The Morgan fingerprint density at radius 2 is 1.12 bits per heavy atom. The third kappa shape index (κ3) is 3.18. The van der Waals surface area contributed by atoms with E-state index in [9.17, 15) is 0 Å². The minimum Gasteiger partial charge on any atom is -0.160 e. The van der Waals surface area contributed by atoms with Crippen LogP contribution in [0.5, 0.6) is 0 Å². The zero-order valence-electron chi connectivity index (χ0n) is 11.1. The number of rotatable bonds is 6. The maximum atomic E-state index is 6.81. The van der Waals surface area contributed by atoms with Crippen molar-refractivity contribution in [3.8, 4) is 0 Å². The highest BCUT2D eigenvalue weighted by Crippen LogP contribution is 2.26. The molecule has 17 heavy (non-hydrogen) atoms. The molecule has 0 aliphatic heterocycles. The minimum absolute atomic E-state index is 1.11. The first-order valence-electron chi connectivity index (χ1n) is 6.44. The number of thiophene rings is 1. The third-order valence-electron chi connectivity index (χ3n) is 3.73. The van der Waals surface area contributed by atoms with Gasteiger partial charge in [0.15, 0.2) is 14.8 Å². The predicted octanol–water partition coefficient (Wildman–Crippen LogP) is 4.61. The molecule has 0 aliphatic carbocycles. The average Bonchev–Trinajstić information content (AvgIpc) is 2.87. The van der Waals surface area contributed by atoms with Gasteiger partial charge in [-0.15, -0.1) is 0 Å². The molecule has 0 saturated heterocycles. The second-order valence-corrected chi connectivity index (χ2v) is 18.4. The summed E-state index contributed by atoms with van der Waals surface area (Å²) >= 11 is 15.5. The fraction of sp³-hybridized carbons (Fsp3) is 0.667. The van der Waals surface area contributed by atoms with Crippen LogP contribution >= 0.6 is 33.5 Å². The largest absolute Gasteiger partial charge is 0.196 e. The summed E-state index contributed by atoms with van der Waals surface area (Å²) in [5, 5.41) is 0. The van der Waals surface area contributed by atoms with Gasteiger partial charge in [0.25, 0.3) is 0 Å². The summed E-state index contributed by atoms with van der Waals surface area (Å²) in [6.07, 6.45) is 0. The summed E-state index contributed by atoms with van der Waals surface area (Å²) < 4.78 is 2.86. The zero-order valence-corrected chi connectivity index (χ0v) is 15.5. The first kappa shape index (κ1) is 15.8. The van der Waals surface area contributed by atoms with E-state index in [-0.39, 0.29) is 0 Å². The topological polar surface area (TPSA) is 0 Å². The highest BCUT2D eigenvalue weighted by molar-refractivity contribution is 7.48. The van der Waals surface area contributed by atoms with E-state index in [0.29, 0.717) is 0 Å². The van der Waals surface area contributed by atoms with Crippen molar-refractivity contribution >= 4 is 57.3 Å². The van der Waals surface area contributed by atoms with Crippen molar-refractivity contribution in [1.29, 1.82) is 0 Å². The van der Waals surface area contributed by atoms with Crippen molar-refractivity contribution in [2.75, 3.05) is 0 Å². The van der Waals surface area contributed by atoms with Gasteiger partial charge in [0.1, 0.15) is 0 Å². The molecule has 0 unspecified atom stereocenters. The van der Waals surface area contributed by atoms with Crippen LogP contribution in [0.3, 0.4) is 0 Å². The van der Waals surface area contributed by atoms with Gasteiger partial charge >= 0.3 is 0 Å². The molecule has 0 aromatic carbocycles. The molecule has 0 fully saturated rings. The summed E-state index contributed by atoms with van der Waals surface area (Å²) in [7, 11) is -3.41. The average molecular weight is 325 g/mol. The molecule has 0 saturated carbocycles. The van der Waals surface area contributed by atoms with E-state index in [4.69, 9.17) is 22.2 Å². The van der Waals surface area contributed by atoms with Crippen molar-refractivity contribution in [2.45, 2.75) is 51.9 Å². The minimum atomic E-state index is -1.70. The van der Waals surface area contributed by atoms with Crippen LogP contribution in [-0.4, -0.2) is 14.8 Å². The van der Waals surface area contributed by atoms with Crippen LogP contribution in [0.4, 0.5) is 0 Å². The van der Waals surface area contributed by atoms with Crippen molar-refractivity contribution in [3.63, 3.8) is 0 Å². The van der Waals surface area contributed by atoms with Gasteiger partial charge in [-0.1, -0.05) is 39.8 Å². The summed E-state index contributed by atoms with van der Waals surface area (Å²) in [6.45, 7) is 8.86. The Morgan fingerprint density at radius 3 is 1.35 bits per heavy atom. The SMILES string of the molecule is CC[Si](Cl)(CC)c1ccc([Si](Cl)(CC)CC)s1. The lowest BCUT2D eigenvalue weighted by Gasteiger charge is -2.21. The van der Waals surface area contributed by atoms with Crippen LogP contribution in [-0.2, 0) is 0 Å². The van der Waals surface area contributed by atoms with Gasteiger partial charge in [0.2, 0.25) is 0 Å². The van der Waals surface area contributed by atoms with Crippen molar-refractivity contribution in [2.24, 2.45) is 0 Å². The molecular formula is C12H22Cl2SSi2. The molecule has 98 valence electrons. The molecule has 1 aromatic rings. The van der Waals surface area contributed by atoms with E-state index in [0.717, 1.165) is 24.2 Å². The van der Waals surface area contributed by atoms with Gasteiger partial charge in [0, 0.05) is 9.00 Å². The van der Waals surface area contributed by atoms with Crippen molar-refractivity contribution in [3.05, 3.63) is 12.1 Å². The van der Waals surface area contributed by atoms with Crippen LogP contribution in [0.25, 0.3) is 0 Å². The summed E-state index contributed by atoms with van der Waals surface area (Å²) in [5.74, 6) is 0. The molecular weight excluding hydrogens is 303 g/mol. The molecule has 0 spiro atoms. The molecule has 1 rings (SSSR count). The quantitative estimate of drug-likeness (QED) is 0.529. The Kier molecular flexibility index (Phi) is 5.79. The first-order valence-corrected chi connectivity index (χ1v) is 14.1. The normalized spacial score (nSPS) is 13.1. The number of halogens is 2. The van der Waals surface area contributed by atoms with Gasteiger partial charge in [-0.3, -0.25) is 0 Å². The van der Waals surface area contributed by atoms with Gasteiger partial charge in [-0.05, 0) is 24.2 Å². The Hall–Kier alpha value is 0.714. The number of hydrogen-bond donors (Lipinski definition) is 0. The first-order chi connectivity index (χ1) is 7.95. The molecule has 0 atom stereocenters. The fourth-order valence-corrected chi connectivity index (χ4v) is 10.9. The summed E-state index contributed by atoms with van der Waals surface area (Å²) in [5.41, 5.74) is 0. The Morgan fingerprint density at radius 1 is 0.824 bits per heavy atom. The van der Waals surface area contributed by atoms with Crippen LogP contribution in [0, 0.1) is 0 Å². The smallest absolute Gasteiger partial charge is 0.160 e. The Labute approximate surface area is 121 Å². The molecule has 0 aliphatic rings. The lowest BCUT2D eigenvalue weighted by atomic mass is 10.7. The third-order valence-corrected chi connectivity index (χ3v) is 19.1. The van der Waals surface area contributed by atoms with E-state index in [2.05, 4.69) is 39.8 Å². The van der Waals surface area contributed by atoms with Crippen LogP contribution in [0.1, 0.15) is 27.7 Å². The van der Waals surface area contributed by atoms with E-state index in [1.807, 2.05) is 11.3 Å². The van der Waals surface area contributed by atoms with Gasteiger partial charge in [-0.2, -0.15) is 33.5 Å². The van der Waals surface area contributed by atoms with E-state index in [1.165, 1.54) is 9.00 Å². The summed E-state index contributed by atoms with van der Waals surface area (Å²) in [6, 6.07) is 8.95. The Bertz CT molecular complexity index is 325. The Balaban J connectivity index is 3.07. The summed E-state index contributed by atoms with van der Waals surface area (Å²) in [4.78, 5) is 0.